The Morgan fingerprint density at radius 2 is 1.91 bits per heavy atom. The minimum Gasteiger partial charge on any atom is -0.493 e. The van der Waals surface area contributed by atoms with Crippen LogP contribution >= 0.6 is 12.4 Å². The number of hydrogen-bond acceptors (Lipinski definition) is 4. The number of piperidine rings is 1. The summed E-state index contributed by atoms with van der Waals surface area (Å²) in [7, 11) is 3.16. The number of carbonyl (C=O) groups excluding carboxylic acids is 1. The molecule has 2 unspecified atom stereocenters. The topological polar surface area (TPSA) is 59.6 Å². The van der Waals surface area contributed by atoms with Crippen molar-refractivity contribution in [3.05, 3.63) is 23.3 Å². The number of carbonyl (C=O) groups is 1. The second kappa shape index (κ2) is 8.25. The van der Waals surface area contributed by atoms with E-state index in [0.717, 1.165) is 24.9 Å². The Morgan fingerprint density at radius 1 is 1.27 bits per heavy atom. The van der Waals surface area contributed by atoms with Crippen LogP contribution in [0.1, 0.15) is 35.7 Å². The number of ether oxygens (including phenoxy) is 2. The van der Waals surface area contributed by atoms with Crippen molar-refractivity contribution in [2.24, 2.45) is 0 Å². The first-order valence-electron chi connectivity index (χ1n) is 7.32. The summed E-state index contributed by atoms with van der Waals surface area (Å²) in [6, 6.07) is 4.24. The molecule has 0 radical (unpaired) electrons. The van der Waals surface area contributed by atoms with Gasteiger partial charge < -0.3 is 20.1 Å². The smallest absolute Gasteiger partial charge is 0.251 e. The van der Waals surface area contributed by atoms with Crippen molar-refractivity contribution < 1.29 is 14.3 Å². The fourth-order valence-corrected chi connectivity index (χ4v) is 2.75. The van der Waals surface area contributed by atoms with Crippen LogP contribution in [0.5, 0.6) is 11.5 Å². The molecule has 1 aliphatic rings. The molecule has 5 nitrogen and oxygen atoms in total. The second-order valence-electron chi connectivity index (χ2n) is 5.57. The molecule has 6 heteroatoms. The molecule has 0 saturated carbocycles. The van der Waals surface area contributed by atoms with Crippen LogP contribution in [-0.2, 0) is 0 Å². The van der Waals surface area contributed by atoms with Gasteiger partial charge in [-0.2, -0.15) is 0 Å². The van der Waals surface area contributed by atoms with Crippen LogP contribution < -0.4 is 20.1 Å². The van der Waals surface area contributed by atoms with E-state index in [0.29, 0.717) is 23.1 Å². The Labute approximate surface area is 138 Å². The van der Waals surface area contributed by atoms with Crippen LogP contribution in [0.2, 0.25) is 0 Å². The molecule has 1 aromatic rings. The van der Waals surface area contributed by atoms with Gasteiger partial charge in [-0.25, -0.2) is 0 Å². The highest BCUT2D eigenvalue weighted by Gasteiger charge is 2.22. The number of halogens is 1. The third kappa shape index (κ3) is 4.27. The van der Waals surface area contributed by atoms with Crippen molar-refractivity contribution >= 4 is 18.3 Å². The molecule has 0 aliphatic carbocycles. The maximum atomic E-state index is 12.5. The van der Waals surface area contributed by atoms with Gasteiger partial charge >= 0.3 is 0 Å². The molecule has 1 fully saturated rings. The maximum absolute atomic E-state index is 12.5. The number of methoxy groups -OCH3 is 2. The normalized spacial score (nSPS) is 20.7. The van der Waals surface area contributed by atoms with Gasteiger partial charge in [0, 0.05) is 17.6 Å². The van der Waals surface area contributed by atoms with Gasteiger partial charge in [0.25, 0.3) is 5.91 Å². The molecule has 1 aliphatic heterocycles. The van der Waals surface area contributed by atoms with E-state index in [9.17, 15) is 4.79 Å². The summed E-state index contributed by atoms with van der Waals surface area (Å²) in [6.45, 7) is 4.99. The van der Waals surface area contributed by atoms with E-state index >= 15 is 0 Å². The van der Waals surface area contributed by atoms with Crippen LogP contribution in [0.25, 0.3) is 0 Å². The quantitative estimate of drug-likeness (QED) is 0.890. The monoisotopic (exact) mass is 328 g/mol. The SMILES string of the molecule is COc1cc(C)c(C(=O)NC2CCNC(C)C2)cc1OC.Cl. The number of hydrogen-bond donors (Lipinski definition) is 2. The van der Waals surface area contributed by atoms with Gasteiger partial charge in [0.2, 0.25) is 0 Å². The second-order valence-corrected chi connectivity index (χ2v) is 5.57. The largest absolute Gasteiger partial charge is 0.493 e. The zero-order valence-corrected chi connectivity index (χ0v) is 14.4. The summed E-state index contributed by atoms with van der Waals surface area (Å²) < 4.78 is 10.5. The number of aryl methyl sites for hydroxylation is 1. The van der Waals surface area contributed by atoms with E-state index in [2.05, 4.69) is 17.6 Å². The number of amides is 1. The molecule has 2 atom stereocenters. The molecule has 0 spiro atoms. The van der Waals surface area contributed by atoms with Crippen molar-refractivity contribution in [1.29, 1.82) is 0 Å². The molecular weight excluding hydrogens is 304 g/mol. The number of nitrogens with one attached hydrogen (secondary N) is 2. The highest BCUT2D eigenvalue weighted by molar-refractivity contribution is 5.96. The predicted molar refractivity (Wildman–Crippen MR) is 89.5 cm³/mol. The van der Waals surface area contributed by atoms with Crippen molar-refractivity contribution in [2.75, 3.05) is 20.8 Å². The minimum absolute atomic E-state index is 0. The van der Waals surface area contributed by atoms with Crippen LogP contribution in [0.4, 0.5) is 0 Å². The Kier molecular flexibility index (Phi) is 6.97. The van der Waals surface area contributed by atoms with E-state index in [1.807, 2.05) is 13.0 Å². The lowest BCUT2D eigenvalue weighted by molar-refractivity contribution is 0.0924. The van der Waals surface area contributed by atoms with Gasteiger partial charge in [0.05, 0.1) is 14.2 Å². The summed E-state index contributed by atoms with van der Waals surface area (Å²) in [6.07, 6.45) is 1.92. The lowest BCUT2D eigenvalue weighted by Crippen LogP contribution is -2.46. The van der Waals surface area contributed by atoms with E-state index < -0.39 is 0 Å². The highest BCUT2D eigenvalue weighted by atomic mass is 35.5. The summed E-state index contributed by atoms with van der Waals surface area (Å²) in [5.74, 6) is 1.17. The minimum atomic E-state index is -0.0486. The van der Waals surface area contributed by atoms with Crippen molar-refractivity contribution in [3.63, 3.8) is 0 Å². The fourth-order valence-electron chi connectivity index (χ4n) is 2.75. The van der Waals surface area contributed by atoms with E-state index in [1.54, 1.807) is 20.3 Å². The van der Waals surface area contributed by atoms with E-state index in [1.165, 1.54) is 0 Å². The molecule has 2 rings (SSSR count). The Balaban J connectivity index is 0.00000242. The average molecular weight is 329 g/mol. The molecule has 2 N–H and O–H groups in total. The fraction of sp³-hybridized carbons (Fsp3) is 0.562. The molecule has 1 heterocycles. The van der Waals surface area contributed by atoms with E-state index in [4.69, 9.17) is 9.47 Å². The van der Waals surface area contributed by atoms with Gasteiger partial charge in [-0.1, -0.05) is 0 Å². The Bertz CT molecular complexity index is 522. The van der Waals surface area contributed by atoms with Gasteiger partial charge in [-0.15, -0.1) is 12.4 Å². The molecular formula is C16H25ClN2O3. The van der Waals surface area contributed by atoms with E-state index in [-0.39, 0.29) is 24.4 Å². The van der Waals surface area contributed by atoms with Crippen molar-refractivity contribution in [1.82, 2.24) is 10.6 Å². The van der Waals surface area contributed by atoms with Gasteiger partial charge in [-0.05, 0) is 50.9 Å². The molecule has 124 valence electrons. The lowest BCUT2D eigenvalue weighted by atomic mass is 9.99. The maximum Gasteiger partial charge on any atom is 0.251 e. The first-order chi connectivity index (χ1) is 10.0. The standard InChI is InChI=1S/C16H24N2O3.ClH/c1-10-7-14(20-3)15(21-4)9-13(10)16(19)18-12-5-6-17-11(2)8-12;/h7,9,11-12,17H,5-6,8H2,1-4H3,(H,18,19);1H. The van der Waals surface area contributed by atoms with Gasteiger partial charge in [-0.3, -0.25) is 4.79 Å². The number of benzene rings is 1. The summed E-state index contributed by atoms with van der Waals surface area (Å²) in [5.41, 5.74) is 1.52. The Hall–Kier alpha value is -1.46. The highest BCUT2D eigenvalue weighted by Crippen LogP contribution is 2.30. The third-order valence-corrected chi connectivity index (χ3v) is 3.93. The third-order valence-electron chi connectivity index (χ3n) is 3.93. The lowest BCUT2D eigenvalue weighted by Gasteiger charge is -2.28. The zero-order chi connectivity index (χ0) is 15.4. The summed E-state index contributed by atoms with van der Waals surface area (Å²) in [4.78, 5) is 12.5. The summed E-state index contributed by atoms with van der Waals surface area (Å²) in [5, 5.41) is 6.50. The van der Waals surface area contributed by atoms with Crippen molar-refractivity contribution in [2.45, 2.75) is 38.8 Å². The first kappa shape index (κ1) is 18.6. The molecule has 1 saturated heterocycles. The van der Waals surface area contributed by atoms with Crippen molar-refractivity contribution in [3.8, 4) is 11.5 Å². The number of rotatable bonds is 4. The van der Waals surface area contributed by atoms with Crippen LogP contribution in [0, 0.1) is 6.92 Å². The predicted octanol–water partition coefficient (Wildman–Crippen LogP) is 2.30. The molecule has 0 bridgehead atoms. The zero-order valence-electron chi connectivity index (χ0n) is 13.6. The Morgan fingerprint density at radius 3 is 2.50 bits per heavy atom. The van der Waals surface area contributed by atoms with Crippen LogP contribution in [-0.4, -0.2) is 38.8 Å². The molecule has 1 amide bonds. The first-order valence-corrected chi connectivity index (χ1v) is 7.32. The van der Waals surface area contributed by atoms with Crippen LogP contribution in [0.15, 0.2) is 12.1 Å². The molecule has 0 aromatic heterocycles. The summed E-state index contributed by atoms with van der Waals surface area (Å²) >= 11 is 0. The molecule has 1 aromatic carbocycles. The van der Waals surface area contributed by atoms with Gasteiger partial charge in [0.1, 0.15) is 0 Å². The average Bonchev–Trinajstić information content (AvgIpc) is 2.46. The van der Waals surface area contributed by atoms with Crippen LogP contribution in [0.3, 0.4) is 0 Å². The molecule has 22 heavy (non-hydrogen) atoms. The van der Waals surface area contributed by atoms with Gasteiger partial charge in [0.15, 0.2) is 11.5 Å².